The second-order valence-electron chi connectivity index (χ2n) is 16.0. The number of ketones is 1. The summed E-state index contributed by atoms with van der Waals surface area (Å²) < 4.78 is 0. The van der Waals surface area contributed by atoms with Crippen LogP contribution in [0.5, 0.6) is 0 Å². The minimum Gasteiger partial charge on any atom is -0.285 e. The van der Waals surface area contributed by atoms with Gasteiger partial charge in [0.1, 0.15) is 11.4 Å². The molecule has 0 saturated heterocycles. The number of hydrogen-bond donors (Lipinski definition) is 0. The van der Waals surface area contributed by atoms with Gasteiger partial charge in [0, 0.05) is 11.1 Å². The van der Waals surface area contributed by atoms with E-state index in [9.17, 15) is 0 Å². The van der Waals surface area contributed by atoms with E-state index in [0.29, 0.717) is 11.4 Å². The number of aromatic nitrogens is 2. The third-order valence-corrected chi connectivity index (χ3v) is 21.9. The van der Waals surface area contributed by atoms with E-state index < -0.39 is 16.1 Å². The van der Waals surface area contributed by atoms with Crippen LogP contribution in [0.2, 0.25) is 0 Å². The first-order valence-electron chi connectivity index (χ1n) is 21.7. The van der Waals surface area contributed by atoms with Crippen LogP contribution < -0.4 is 41.5 Å². The highest BCUT2D eigenvalue weighted by molar-refractivity contribution is 7.20. The molecule has 0 aliphatic rings. The molecule has 3 nitrogen and oxygen atoms in total. The molecule has 64 heavy (non-hydrogen) atoms. The molecule has 0 spiro atoms. The van der Waals surface area contributed by atoms with Crippen LogP contribution in [0, 0.1) is 0 Å². The fourth-order valence-corrected chi connectivity index (χ4v) is 19.1. The summed E-state index contributed by atoms with van der Waals surface area (Å²) in [4.78, 5) is 26.5. The van der Waals surface area contributed by atoms with Gasteiger partial charge in [-0.2, -0.15) is 41.5 Å². The van der Waals surface area contributed by atoms with Gasteiger partial charge in [0.05, 0.1) is 11.4 Å². The van der Waals surface area contributed by atoms with E-state index in [1.54, 1.807) is 0 Å². The predicted octanol–water partition coefficient (Wildman–Crippen LogP) is 7.80. The Morgan fingerprint density at radius 2 is 0.484 bits per heavy atom. The minimum absolute atomic E-state index is 0.229. The summed E-state index contributed by atoms with van der Waals surface area (Å²) in [5.74, 6) is -0.229. The van der Waals surface area contributed by atoms with E-state index in [0.717, 1.165) is 32.9 Å². The molecule has 5 heteroatoms. The Morgan fingerprint density at radius 1 is 0.266 bits per heavy atom. The average molecular weight is 853 g/mol. The first-order chi connectivity index (χ1) is 31.7. The fraction of sp³-hybridized carbons (Fsp3) is 0. The Morgan fingerprint density at radius 3 is 0.719 bits per heavy atom. The third-order valence-electron chi connectivity index (χ3n) is 12.4. The summed E-state index contributed by atoms with van der Waals surface area (Å²) in [6.07, 6.45) is 0. The summed E-state index contributed by atoms with van der Waals surface area (Å²) in [5.41, 5.74) is 4.05. The van der Waals surface area contributed by atoms with Gasteiger partial charge in [-0.15, -0.1) is 0 Å². The zero-order chi connectivity index (χ0) is 43.2. The highest BCUT2D eigenvalue weighted by atomic mass is 28.3. The van der Waals surface area contributed by atoms with E-state index >= 15 is 4.79 Å². The molecule has 0 aliphatic heterocycles. The maximum absolute atomic E-state index is 15.9. The maximum atomic E-state index is 15.9. The quantitative estimate of drug-likeness (QED) is 0.0717. The molecule has 10 aromatic rings. The minimum atomic E-state index is -3.08. The van der Waals surface area contributed by atoms with E-state index in [1.165, 1.54) is 31.1 Å². The van der Waals surface area contributed by atoms with E-state index in [2.05, 4.69) is 231 Å². The average Bonchev–Trinajstić information content (AvgIpc) is 3.39. The highest BCUT2D eigenvalue weighted by Gasteiger charge is 2.32. The molecule has 0 bridgehead atoms. The van der Waals surface area contributed by atoms with Crippen LogP contribution in [0.15, 0.2) is 267 Å². The lowest BCUT2D eigenvalue weighted by atomic mass is 10.1. The van der Waals surface area contributed by atoms with Crippen LogP contribution in [0.25, 0.3) is 22.5 Å². The smallest absolute Gasteiger partial charge is 0.229 e. The van der Waals surface area contributed by atoms with Crippen LogP contribution in [-0.2, 0) is 0 Å². The van der Waals surface area contributed by atoms with Gasteiger partial charge in [0.25, 0.3) is 0 Å². The van der Waals surface area contributed by atoms with Gasteiger partial charge in [0.2, 0.25) is 5.78 Å². The molecule has 0 N–H and O–H groups in total. The largest absolute Gasteiger partial charge is 0.285 e. The zero-order valence-corrected chi connectivity index (χ0v) is 37.2. The molecule has 0 fully saturated rings. The third kappa shape index (κ3) is 7.37. The molecule has 0 atom stereocenters. The summed E-state index contributed by atoms with van der Waals surface area (Å²) in [6, 6.07) is 93.8. The van der Waals surface area contributed by atoms with Crippen molar-refractivity contribution in [2.45, 2.75) is 0 Å². The molecule has 0 aliphatic carbocycles. The maximum Gasteiger partial charge on any atom is 0.229 e. The molecule has 0 saturated carbocycles. The van der Waals surface area contributed by atoms with Crippen molar-refractivity contribution in [3.63, 3.8) is 0 Å². The van der Waals surface area contributed by atoms with Gasteiger partial charge < -0.3 is 0 Å². The molecule has 2 aromatic heterocycles. The van der Waals surface area contributed by atoms with Crippen molar-refractivity contribution in [3.05, 3.63) is 278 Å². The lowest BCUT2D eigenvalue weighted by Gasteiger charge is -2.47. The van der Waals surface area contributed by atoms with Crippen molar-refractivity contribution in [1.29, 1.82) is 0 Å². The Hall–Kier alpha value is -7.84. The van der Waals surface area contributed by atoms with Crippen LogP contribution in [0.3, 0.4) is 0 Å². The van der Waals surface area contributed by atoms with Gasteiger partial charge in [0.15, 0.2) is 0 Å². The number of rotatable bonds is 12. The van der Waals surface area contributed by atoms with Gasteiger partial charge >= 0.3 is 0 Å². The molecule has 0 unspecified atom stereocenters. The van der Waals surface area contributed by atoms with Crippen LogP contribution in [0.1, 0.15) is 16.2 Å². The lowest BCUT2D eigenvalue weighted by Crippen LogP contribution is -2.75. The van der Waals surface area contributed by atoms with Gasteiger partial charge in [-0.25, -0.2) is 9.97 Å². The molecule has 0 amide bonds. The number of hydrogen-bond acceptors (Lipinski definition) is 3. The number of carbonyl (C=O) groups excluding carboxylic acids is 1. The van der Waals surface area contributed by atoms with Crippen molar-refractivity contribution in [1.82, 2.24) is 9.97 Å². The molecular weight excluding hydrogens is 809 g/mol. The molecule has 2 heterocycles. The monoisotopic (exact) mass is 852 g/mol. The molecule has 8 aromatic carbocycles. The Labute approximate surface area is 377 Å². The SMILES string of the molecule is O=C(c1cc([Si-](c2ccccc2)(c2ccccc2)c2ccccc2)cc(-c2ccccc2)n1)c1cc([Si-](c2ccccc2)(c2ccccc2)c2ccccc2)cc(-c2ccccc2)n1. The molecule has 0 radical (unpaired) electrons. The standard InChI is InChI=1S/C59H44N2OSi2/c62-59(57-43-53(41-55(60-57)45-25-9-1-10-26-45)63(47-29-13-3-14-30-47,48-31-15-4-16-32-48)49-33-17-5-18-34-49)58-44-54(42-56(61-58)46-27-11-2-12-28-46)64(50-35-19-6-20-36-50,51-37-21-7-22-38-51)52-39-23-8-24-40-52/h1-44H/q-2. The number of carbonyl (C=O) groups is 1. The molecular formula is C59H44N2OSi2-2. The Balaban J connectivity index is 1.28. The fourth-order valence-electron chi connectivity index (χ4n) is 9.50. The first-order valence-corrected chi connectivity index (χ1v) is 25.7. The van der Waals surface area contributed by atoms with E-state index in [-0.39, 0.29) is 5.78 Å². The second kappa shape index (κ2) is 17.9. The topological polar surface area (TPSA) is 42.9 Å². The van der Waals surface area contributed by atoms with Crippen molar-refractivity contribution in [3.8, 4) is 22.5 Å². The summed E-state index contributed by atoms with van der Waals surface area (Å²) in [5, 5.41) is 9.42. The van der Waals surface area contributed by atoms with Crippen LogP contribution in [-0.4, -0.2) is 31.9 Å². The molecule has 10 rings (SSSR count). The second-order valence-corrected chi connectivity index (χ2v) is 23.6. The van der Waals surface area contributed by atoms with Crippen molar-refractivity contribution in [2.24, 2.45) is 0 Å². The van der Waals surface area contributed by atoms with Gasteiger partial charge in [-0.1, -0.05) is 267 Å². The highest BCUT2D eigenvalue weighted by Crippen LogP contribution is 2.23. The molecule has 306 valence electrons. The van der Waals surface area contributed by atoms with Crippen molar-refractivity contribution in [2.75, 3.05) is 0 Å². The zero-order valence-electron chi connectivity index (χ0n) is 35.2. The lowest BCUT2D eigenvalue weighted by molar-refractivity contribution is 0.103. The number of pyridine rings is 2. The van der Waals surface area contributed by atoms with Crippen molar-refractivity contribution < 1.29 is 4.79 Å². The summed E-state index contributed by atoms with van der Waals surface area (Å²) in [7, 11) is -6.17. The number of nitrogens with zero attached hydrogens (tertiary/aromatic N) is 2. The first kappa shape index (κ1) is 40.2. The Bertz CT molecular complexity index is 2730. The van der Waals surface area contributed by atoms with Gasteiger partial charge in [-0.05, 0) is 16.1 Å². The van der Waals surface area contributed by atoms with Crippen molar-refractivity contribution >= 4 is 63.4 Å². The predicted molar refractivity (Wildman–Crippen MR) is 270 cm³/mol. The van der Waals surface area contributed by atoms with Crippen LogP contribution >= 0.6 is 0 Å². The normalized spacial score (nSPS) is 11.5. The number of benzene rings is 8. The van der Waals surface area contributed by atoms with Gasteiger partial charge in [-0.3, -0.25) is 4.79 Å². The van der Waals surface area contributed by atoms with E-state index in [4.69, 9.17) is 9.97 Å². The van der Waals surface area contributed by atoms with Crippen LogP contribution in [0.4, 0.5) is 0 Å². The Kier molecular flexibility index (Phi) is 11.2. The van der Waals surface area contributed by atoms with E-state index in [1.807, 2.05) is 36.4 Å². The summed E-state index contributed by atoms with van der Waals surface area (Å²) in [6.45, 7) is 0. The summed E-state index contributed by atoms with van der Waals surface area (Å²) >= 11 is 0.